The summed E-state index contributed by atoms with van der Waals surface area (Å²) < 4.78 is 0. The van der Waals surface area contributed by atoms with Crippen LogP contribution in [0.2, 0.25) is 0 Å². The maximum Gasteiger partial charge on any atom is 0.321 e. The van der Waals surface area contributed by atoms with Crippen LogP contribution in [-0.4, -0.2) is 23.0 Å². The number of unbranched alkanes of at least 4 members (excludes halogenated alkanes) is 1. The second-order valence-electron chi connectivity index (χ2n) is 4.82. The van der Waals surface area contributed by atoms with Gasteiger partial charge in [0.25, 0.3) is 0 Å². The predicted molar refractivity (Wildman–Crippen MR) is 77.7 cm³/mol. The monoisotopic (exact) mass is 292 g/mol. The molecule has 1 aromatic carbocycles. The fourth-order valence-corrected chi connectivity index (χ4v) is 1.80. The molecule has 114 valence electrons. The van der Waals surface area contributed by atoms with E-state index in [4.69, 9.17) is 5.11 Å². The number of carbonyl (C=O) groups excluding carboxylic acids is 2. The summed E-state index contributed by atoms with van der Waals surface area (Å²) in [5.74, 6) is -1.28. The van der Waals surface area contributed by atoms with Gasteiger partial charge in [-0.15, -0.1) is 0 Å². The fourth-order valence-electron chi connectivity index (χ4n) is 1.80. The second-order valence-corrected chi connectivity index (χ2v) is 4.82. The van der Waals surface area contributed by atoms with E-state index in [0.29, 0.717) is 19.4 Å². The van der Waals surface area contributed by atoms with Gasteiger partial charge in [0.15, 0.2) is 0 Å². The zero-order valence-electron chi connectivity index (χ0n) is 12.0. The zero-order chi connectivity index (χ0) is 15.7. The van der Waals surface area contributed by atoms with Crippen LogP contribution in [0.25, 0.3) is 0 Å². The van der Waals surface area contributed by atoms with Crippen LogP contribution < -0.4 is 10.6 Å². The van der Waals surface area contributed by atoms with Crippen LogP contribution in [0.1, 0.15) is 36.8 Å². The van der Waals surface area contributed by atoms with Crippen molar-refractivity contribution in [3.63, 3.8) is 0 Å². The third-order valence-corrected chi connectivity index (χ3v) is 2.83. The molecule has 0 bridgehead atoms. The topological polar surface area (TPSA) is 95.5 Å². The molecule has 0 aliphatic carbocycles. The van der Waals surface area contributed by atoms with E-state index in [1.54, 1.807) is 0 Å². The Kier molecular flexibility index (Phi) is 6.94. The van der Waals surface area contributed by atoms with Gasteiger partial charge in [0.2, 0.25) is 5.91 Å². The molecule has 1 rings (SSSR count). The van der Waals surface area contributed by atoms with E-state index in [2.05, 4.69) is 10.6 Å². The van der Waals surface area contributed by atoms with E-state index >= 15 is 0 Å². The van der Waals surface area contributed by atoms with E-state index in [1.165, 1.54) is 0 Å². The molecule has 0 saturated heterocycles. The van der Waals surface area contributed by atoms with Gasteiger partial charge in [-0.2, -0.15) is 0 Å². The van der Waals surface area contributed by atoms with Gasteiger partial charge < -0.3 is 10.4 Å². The van der Waals surface area contributed by atoms with Crippen LogP contribution >= 0.6 is 0 Å². The van der Waals surface area contributed by atoms with Gasteiger partial charge in [0.1, 0.15) is 0 Å². The number of aliphatic carboxylic acids is 1. The van der Waals surface area contributed by atoms with Crippen molar-refractivity contribution in [3.8, 4) is 0 Å². The second kappa shape index (κ2) is 8.73. The molecule has 1 aromatic rings. The lowest BCUT2D eigenvalue weighted by molar-refractivity contribution is -0.137. The summed E-state index contributed by atoms with van der Waals surface area (Å²) >= 11 is 0. The first-order valence-corrected chi connectivity index (χ1v) is 6.82. The lowest BCUT2D eigenvalue weighted by atomic mass is 10.1. The summed E-state index contributed by atoms with van der Waals surface area (Å²) in [7, 11) is 0. The molecule has 0 fully saturated rings. The van der Waals surface area contributed by atoms with E-state index in [9.17, 15) is 14.4 Å². The Hall–Kier alpha value is -2.37. The Bertz CT molecular complexity index is 514. The Morgan fingerprint density at radius 3 is 2.52 bits per heavy atom. The van der Waals surface area contributed by atoms with Crippen LogP contribution in [0.3, 0.4) is 0 Å². The molecule has 0 spiro atoms. The van der Waals surface area contributed by atoms with Gasteiger partial charge in [-0.1, -0.05) is 29.8 Å². The number of aryl methyl sites for hydroxylation is 1. The van der Waals surface area contributed by atoms with Crippen molar-refractivity contribution in [2.45, 2.75) is 39.2 Å². The number of rotatable bonds is 7. The minimum absolute atomic E-state index is 0.0346. The molecule has 0 aliphatic rings. The first kappa shape index (κ1) is 16.7. The molecule has 0 atom stereocenters. The number of hydrogen-bond donors (Lipinski definition) is 3. The van der Waals surface area contributed by atoms with Crippen LogP contribution in [-0.2, 0) is 16.1 Å². The molecule has 0 heterocycles. The zero-order valence-corrected chi connectivity index (χ0v) is 12.0. The highest BCUT2D eigenvalue weighted by molar-refractivity contribution is 5.94. The average Bonchev–Trinajstić information content (AvgIpc) is 2.41. The van der Waals surface area contributed by atoms with Crippen molar-refractivity contribution in [2.24, 2.45) is 0 Å². The van der Waals surface area contributed by atoms with Crippen molar-refractivity contribution < 1.29 is 19.5 Å². The number of carbonyl (C=O) groups is 3. The minimum Gasteiger partial charge on any atom is -0.481 e. The molecule has 6 heteroatoms. The van der Waals surface area contributed by atoms with Gasteiger partial charge in [0, 0.05) is 19.4 Å². The van der Waals surface area contributed by atoms with Crippen LogP contribution in [0.4, 0.5) is 4.79 Å². The van der Waals surface area contributed by atoms with Crippen molar-refractivity contribution >= 4 is 17.9 Å². The van der Waals surface area contributed by atoms with Crippen molar-refractivity contribution in [3.05, 3.63) is 35.4 Å². The van der Waals surface area contributed by atoms with Gasteiger partial charge in [-0.05, 0) is 25.3 Å². The SMILES string of the molecule is Cc1cccc(CNC(=O)NC(=O)CCCCC(=O)O)c1. The molecule has 3 amide bonds. The molecule has 6 nitrogen and oxygen atoms in total. The normalized spacial score (nSPS) is 9.95. The number of hydrogen-bond acceptors (Lipinski definition) is 3. The van der Waals surface area contributed by atoms with Gasteiger partial charge in [0.05, 0.1) is 0 Å². The average molecular weight is 292 g/mol. The third-order valence-electron chi connectivity index (χ3n) is 2.83. The number of benzene rings is 1. The highest BCUT2D eigenvalue weighted by Crippen LogP contribution is 2.03. The summed E-state index contributed by atoms with van der Waals surface area (Å²) in [6.07, 6.45) is 1.05. The number of carboxylic acid groups (broad SMARTS) is 1. The lowest BCUT2D eigenvalue weighted by Crippen LogP contribution is -2.38. The molecule has 0 unspecified atom stereocenters. The highest BCUT2D eigenvalue weighted by Gasteiger charge is 2.07. The smallest absolute Gasteiger partial charge is 0.321 e. The van der Waals surface area contributed by atoms with Crippen LogP contribution in [0.15, 0.2) is 24.3 Å². The quantitative estimate of drug-likeness (QED) is 0.669. The summed E-state index contributed by atoms with van der Waals surface area (Å²) in [4.78, 5) is 33.3. The first-order valence-electron chi connectivity index (χ1n) is 6.82. The molecule has 3 N–H and O–H groups in total. The van der Waals surface area contributed by atoms with E-state index in [0.717, 1.165) is 11.1 Å². The summed E-state index contributed by atoms with van der Waals surface area (Å²) in [6.45, 7) is 2.31. The summed E-state index contributed by atoms with van der Waals surface area (Å²) in [6, 6.07) is 7.16. The molecule has 0 aromatic heterocycles. The molecule has 0 aliphatic heterocycles. The van der Waals surface area contributed by atoms with Crippen LogP contribution in [0, 0.1) is 6.92 Å². The molecule has 0 radical (unpaired) electrons. The molecule has 21 heavy (non-hydrogen) atoms. The molecular weight excluding hydrogens is 272 g/mol. The first-order chi connectivity index (χ1) is 9.97. The maximum absolute atomic E-state index is 11.5. The maximum atomic E-state index is 11.5. The minimum atomic E-state index is -0.883. The van der Waals surface area contributed by atoms with Crippen LogP contribution in [0.5, 0.6) is 0 Å². The van der Waals surface area contributed by atoms with Crippen molar-refractivity contribution in [2.75, 3.05) is 0 Å². The van der Waals surface area contributed by atoms with Gasteiger partial charge in [-0.3, -0.25) is 14.9 Å². The third kappa shape index (κ3) is 7.71. The predicted octanol–water partition coefficient (Wildman–Crippen LogP) is 1.97. The van der Waals surface area contributed by atoms with E-state index in [-0.39, 0.29) is 12.8 Å². The molecule has 0 saturated carbocycles. The van der Waals surface area contributed by atoms with E-state index < -0.39 is 17.9 Å². The lowest BCUT2D eigenvalue weighted by Gasteiger charge is -2.07. The Balaban J connectivity index is 2.21. The van der Waals surface area contributed by atoms with Gasteiger partial charge in [-0.25, -0.2) is 4.79 Å². The Morgan fingerprint density at radius 2 is 1.86 bits per heavy atom. The van der Waals surface area contributed by atoms with Gasteiger partial charge >= 0.3 is 12.0 Å². The Morgan fingerprint density at radius 1 is 1.14 bits per heavy atom. The number of imide groups is 1. The Labute approximate surface area is 123 Å². The summed E-state index contributed by atoms with van der Waals surface area (Å²) in [5.41, 5.74) is 2.06. The van der Waals surface area contributed by atoms with Crippen molar-refractivity contribution in [1.82, 2.24) is 10.6 Å². The highest BCUT2D eigenvalue weighted by atomic mass is 16.4. The standard InChI is InChI=1S/C15H20N2O4/c1-11-5-4-6-12(9-11)10-16-15(21)17-13(18)7-2-3-8-14(19)20/h4-6,9H,2-3,7-8,10H2,1H3,(H,19,20)(H2,16,17,18,21). The fraction of sp³-hybridized carbons (Fsp3) is 0.400. The van der Waals surface area contributed by atoms with Crippen molar-refractivity contribution in [1.29, 1.82) is 0 Å². The number of nitrogens with one attached hydrogen (secondary N) is 2. The largest absolute Gasteiger partial charge is 0.481 e. The summed E-state index contributed by atoms with van der Waals surface area (Å²) in [5, 5.41) is 13.3. The number of amides is 3. The number of carboxylic acids is 1. The molecular formula is C15H20N2O4. The van der Waals surface area contributed by atoms with E-state index in [1.807, 2.05) is 31.2 Å². The number of urea groups is 1.